The van der Waals surface area contributed by atoms with Gasteiger partial charge in [-0.25, -0.2) is 5.43 Å². The molecule has 1 amide bonds. The molecule has 0 aliphatic carbocycles. The van der Waals surface area contributed by atoms with Gasteiger partial charge in [0.2, 0.25) is 0 Å². The number of rotatable bonds is 5. The van der Waals surface area contributed by atoms with E-state index in [9.17, 15) is 9.90 Å². The van der Waals surface area contributed by atoms with Crippen molar-refractivity contribution in [1.82, 2.24) is 5.43 Å². The summed E-state index contributed by atoms with van der Waals surface area (Å²) in [5, 5.41) is 16.8. The van der Waals surface area contributed by atoms with Crippen molar-refractivity contribution >= 4 is 34.0 Å². The third-order valence-corrected chi connectivity index (χ3v) is 4.56. The minimum atomic E-state index is -0.401. The number of amides is 1. The Labute approximate surface area is 162 Å². The Hall–Kier alpha value is -3.05. The minimum absolute atomic E-state index is 0.136. The first-order valence-electron chi connectivity index (χ1n) is 8.39. The average Bonchev–Trinajstić information content (AvgIpc) is 2.67. The number of hydrazone groups is 1. The third kappa shape index (κ3) is 4.38. The number of carbonyl (C=O) groups is 1. The zero-order chi connectivity index (χ0) is 19.4. The Morgan fingerprint density at radius 1 is 1.19 bits per heavy atom. The van der Waals surface area contributed by atoms with Gasteiger partial charge in [-0.3, -0.25) is 4.79 Å². The van der Waals surface area contributed by atoms with Gasteiger partial charge in [-0.2, -0.15) is 5.10 Å². The van der Waals surface area contributed by atoms with Crippen molar-refractivity contribution in [3.8, 4) is 11.5 Å². The van der Waals surface area contributed by atoms with Crippen LogP contribution in [0.1, 0.15) is 18.1 Å². The SMILES string of the molecule is C/C(=N\NC(=O)COc1ccc(Cl)c(C)c1)c1ccc2ccccc2c1O. The van der Waals surface area contributed by atoms with Crippen LogP contribution < -0.4 is 10.2 Å². The van der Waals surface area contributed by atoms with Crippen LogP contribution in [0.4, 0.5) is 0 Å². The van der Waals surface area contributed by atoms with Gasteiger partial charge in [0.05, 0.1) is 5.71 Å². The molecule has 5 nitrogen and oxygen atoms in total. The number of benzene rings is 3. The first-order valence-corrected chi connectivity index (χ1v) is 8.76. The fraction of sp³-hybridized carbons (Fsp3) is 0.143. The third-order valence-electron chi connectivity index (χ3n) is 4.14. The molecule has 0 heterocycles. The molecule has 138 valence electrons. The van der Waals surface area contributed by atoms with E-state index in [0.29, 0.717) is 22.0 Å². The van der Waals surface area contributed by atoms with Crippen molar-refractivity contribution in [1.29, 1.82) is 0 Å². The van der Waals surface area contributed by atoms with E-state index >= 15 is 0 Å². The maximum atomic E-state index is 12.0. The highest BCUT2D eigenvalue weighted by Crippen LogP contribution is 2.28. The van der Waals surface area contributed by atoms with Crippen molar-refractivity contribution in [2.24, 2.45) is 5.10 Å². The Bertz CT molecular complexity index is 1030. The van der Waals surface area contributed by atoms with Crippen LogP contribution in [0.3, 0.4) is 0 Å². The summed E-state index contributed by atoms with van der Waals surface area (Å²) in [5.74, 6) is 0.290. The molecule has 0 radical (unpaired) electrons. The van der Waals surface area contributed by atoms with Gasteiger partial charge >= 0.3 is 0 Å². The van der Waals surface area contributed by atoms with Gasteiger partial charge in [-0.1, -0.05) is 41.9 Å². The molecular weight excluding hydrogens is 364 g/mol. The Kier molecular flexibility index (Phi) is 5.62. The number of hydrogen-bond donors (Lipinski definition) is 2. The predicted molar refractivity (Wildman–Crippen MR) is 108 cm³/mol. The quantitative estimate of drug-likeness (QED) is 0.506. The zero-order valence-corrected chi connectivity index (χ0v) is 15.7. The van der Waals surface area contributed by atoms with E-state index in [-0.39, 0.29) is 12.4 Å². The number of nitrogens with zero attached hydrogens (tertiary/aromatic N) is 1. The van der Waals surface area contributed by atoms with E-state index < -0.39 is 5.91 Å². The van der Waals surface area contributed by atoms with Crippen LogP contribution in [0.25, 0.3) is 10.8 Å². The maximum absolute atomic E-state index is 12.0. The van der Waals surface area contributed by atoms with Gasteiger partial charge in [-0.05, 0) is 49.1 Å². The molecule has 0 unspecified atom stereocenters. The normalized spacial score (nSPS) is 11.4. The molecule has 6 heteroatoms. The van der Waals surface area contributed by atoms with Crippen molar-refractivity contribution < 1.29 is 14.6 Å². The highest BCUT2D eigenvalue weighted by Gasteiger charge is 2.10. The number of phenols is 1. The molecule has 0 aromatic heterocycles. The number of fused-ring (bicyclic) bond motifs is 1. The second-order valence-electron chi connectivity index (χ2n) is 6.11. The van der Waals surface area contributed by atoms with Gasteiger partial charge in [0.15, 0.2) is 6.61 Å². The lowest BCUT2D eigenvalue weighted by Gasteiger charge is -2.09. The number of hydrogen-bond acceptors (Lipinski definition) is 4. The summed E-state index contributed by atoms with van der Waals surface area (Å²) in [6, 6.07) is 16.4. The highest BCUT2D eigenvalue weighted by atomic mass is 35.5. The zero-order valence-electron chi connectivity index (χ0n) is 15.0. The van der Waals surface area contributed by atoms with Gasteiger partial charge in [0.1, 0.15) is 11.5 Å². The number of nitrogens with one attached hydrogen (secondary N) is 1. The molecule has 2 N–H and O–H groups in total. The van der Waals surface area contributed by atoms with Crippen LogP contribution in [0, 0.1) is 6.92 Å². The van der Waals surface area contributed by atoms with Crippen LogP contribution in [-0.2, 0) is 4.79 Å². The molecule has 0 saturated carbocycles. The summed E-state index contributed by atoms with van der Waals surface area (Å²) in [4.78, 5) is 12.0. The van der Waals surface area contributed by atoms with Crippen molar-refractivity contribution in [2.75, 3.05) is 6.61 Å². The van der Waals surface area contributed by atoms with Crippen LogP contribution in [0.15, 0.2) is 59.7 Å². The molecule has 3 aromatic carbocycles. The summed E-state index contributed by atoms with van der Waals surface area (Å²) in [6.07, 6.45) is 0. The smallest absolute Gasteiger partial charge is 0.277 e. The summed E-state index contributed by atoms with van der Waals surface area (Å²) < 4.78 is 5.43. The fourth-order valence-corrected chi connectivity index (χ4v) is 2.76. The van der Waals surface area contributed by atoms with Crippen LogP contribution in [0.2, 0.25) is 5.02 Å². The first kappa shape index (κ1) is 18.7. The lowest BCUT2D eigenvalue weighted by Crippen LogP contribution is -2.25. The first-order chi connectivity index (χ1) is 13.0. The van der Waals surface area contributed by atoms with Gasteiger partial charge < -0.3 is 9.84 Å². The number of carbonyl (C=O) groups excluding carboxylic acids is 1. The van der Waals surface area contributed by atoms with E-state index in [0.717, 1.165) is 16.3 Å². The number of aromatic hydroxyl groups is 1. The Morgan fingerprint density at radius 2 is 1.96 bits per heavy atom. The number of aryl methyl sites for hydroxylation is 1. The number of phenolic OH excluding ortho intramolecular Hbond substituents is 1. The minimum Gasteiger partial charge on any atom is -0.507 e. The van der Waals surface area contributed by atoms with Gasteiger partial charge in [0, 0.05) is 16.0 Å². The van der Waals surface area contributed by atoms with E-state index in [1.807, 2.05) is 37.3 Å². The average molecular weight is 383 g/mol. The predicted octanol–water partition coefficient (Wildman–Crippen LogP) is 4.43. The fourth-order valence-electron chi connectivity index (χ4n) is 2.64. The number of ether oxygens (including phenoxy) is 1. The molecule has 0 bridgehead atoms. The van der Waals surface area contributed by atoms with Gasteiger partial charge in [-0.15, -0.1) is 0 Å². The molecule has 3 aromatic rings. The van der Waals surface area contributed by atoms with Crippen LogP contribution in [0.5, 0.6) is 11.5 Å². The Morgan fingerprint density at radius 3 is 2.74 bits per heavy atom. The monoisotopic (exact) mass is 382 g/mol. The Balaban J connectivity index is 1.65. The summed E-state index contributed by atoms with van der Waals surface area (Å²) in [7, 11) is 0. The molecule has 0 atom stereocenters. The highest BCUT2D eigenvalue weighted by molar-refractivity contribution is 6.31. The molecule has 27 heavy (non-hydrogen) atoms. The molecule has 0 aliphatic heterocycles. The van der Waals surface area contributed by atoms with Crippen LogP contribution >= 0.6 is 11.6 Å². The molecule has 3 rings (SSSR count). The lowest BCUT2D eigenvalue weighted by atomic mass is 10.0. The number of halogens is 1. The van der Waals surface area contributed by atoms with Crippen LogP contribution in [-0.4, -0.2) is 23.3 Å². The standard InChI is InChI=1S/C21H19ClN2O3/c1-13-11-16(8-10-19(13)22)27-12-20(25)24-23-14(2)17-9-7-15-5-3-4-6-18(15)21(17)26/h3-11,26H,12H2,1-2H3,(H,24,25)/b23-14+. The van der Waals surface area contributed by atoms with Crippen molar-refractivity contribution in [2.45, 2.75) is 13.8 Å². The summed E-state index contributed by atoms with van der Waals surface area (Å²) >= 11 is 5.96. The second kappa shape index (κ2) is 8.10. The molecule has 0 spiro atoms. The molecule has 0 saturated heterocycles. The molecule has 0 aliphatic rings. The van der Waals surface area contributed by atoms with E-state index in [1.54, 1.807) is 31.2 Å². The van der Waals surface area contributed by atoms with E-state index in [2.05, 4.69) is 10.5 Å². The van der Waals surface area contributed by atoms with E-state index in [1.165, 1.54) is 0 Å². The maximum Gasteiger partial charge on any atom is 0.277 e. The summed E-state index contributed by atoms with van der Waals surface area (Å²) in [5.41, 5.74) is 4.36. The van der Waals surface area contributed by atoms with Crippen molar-refractivity contribution in [3.05, 3.63) is 70.7 Å². The topological polar surface area (TPSA) is 70.9 Å². The molecule has 0 fully saturated rings. The van der Waals surface area contributed by atoms with Gasteiger partial charge in [0.25, 0.3) is 5.91 Å². The van der Waals surface area contributed by atoms with Crippen molar-refractivity contribution in [3.63, 3.8) is 0 Å². The summed E-state index contributed by atoms with van der Waals surface area (Å²) in [6.45, 7) is 3.40. The molecular formula is C21H19ClN2O3. The largest absolute Gasteiger partial charge is 0.507 e. The second-order valence-corrected chi connectivity index (χ2v) is 6.52. The van der Waals surface area contributed by atoms with E-state index in [4.69, 9.17) is 16.3 Å². The lowest BCUT2D eigenvalue weighted by molar-refractivity contribution is -0.123.